The summed E-state index contributed by atoms with van der Waals surface area (Å²) in [5.41, 5.74) is 3.27. The van der Waals surface area contributed by atoms with Crippen molar-refractivity contribution >= 4 is 33.4 Å². The number of hydrogen-bond donors (Lipinski definition) is 1. The van der Waals surface area contributed by atoms with Crippen molar-refractivity contribution < 1.29 is 13.2 Å². The number of carbonyl (C=O) groups is 1. The maximum absolute atomic E-state index is 13.5. The summed E-state index contributed by atoms with van der Waals surface area (Å²) in [6, 6.07) is 21.5. The van der Waals surface area contributed by atoms with Crippen molar-refractivity contribution in [3.63, 3.8) is 0 Å². The van der Waals surface area contributed by atoms with Gasteiger partial charge < -0.3 is 5.32 Å². The molecule has 0 aliphatic carbocycles. The van der Waals surface area contributed by atoms with Gasteiger partial charge in [0.2, 0.25) is 15.9 Å². The van der Waals surface area contributed by atoms with E-state index in [-0.39, 0.29) is 12.5 Å². The number of para-hydroxylation sites is 1. The first-order valence-electron chi connectivity index (χ1n) is 11.5. The highest BCUT2D eigenvalue weighted by molar-refractivity contribution is 7.99. The van der Waals surface area contributed by atoms with Gasteiger partial charge in [-0.3, -0.25) is 4.79 Å². The van der Waals surface area contributed by atoms with Crippen molar-refractivity contribution in [3.05, 3.63) is 83.4 Å². The van der Waals surface area contributed by atoms with Crippen molar-refractivity contribution in [1.29, 1.82) is 0 Å². The lowest BCUT2D eigenvalue weighted by Crippen LogP contribution is -2.44. The van der Waals surface area contributed by atoms with Crippen LogP contribution in [0.5, 0.6) is 0 Å². The zero-order chi connectivity index (χ0) is 24.3. The summed E-state index contributed by atoms with van der Waals surface area (Å²) in [6.45, 7) is 6.25. The Morgan fingerprint density at radius 2 is 1.62 bits per heavy atom. The third kappa shape index (κ3) is 5.37. The van der Waals surface area contributed by atoms with Gasteiger partial charge in [-0.05, 0) is 69.0 Å². The summed E-state index contributed by atoms with van der Waals surface area (Å²) >= 11 is 1.59. The number of nitrogens with zero attached hydrogens (tertiary/aromatic N) is 1. The monoisotopic (exact) mass is 494 g/mol. The number of rotatable bonds is 6. The van der Waals surface area contributed by atoms with Gasteiger partial charge in [0.25, 0.3) is 0 Å². The van der Waals surface area contributed by atoms with Crippen LogP contribution < -0.4 is 5.32 Å². The molecule has 0 saturated carbocycles. The second-order valence-corrected chi connectivity index (χ2v) is 11.8. The molecule has 0 spiro atoms. The van der Waals surface area contributed by atoms with Gasteiger partial charge >= 0.3 is 0 Å². The Morgan fingerprint density at radius 3 is 2.32 bits per heavy atom. The Morgan fingerprint density at radius 1 is 0.971 bits per heavy atom. The van der Waals surface area contributed by atoms with Gasteiger partial charge in [-0.2, -0.15) is 4.31 Å². The van der Waals surface area contributed by atoms with E-state index in [1.807, 2.05) is 87.5 Å². The van der Waals surface area contributed by atoms with E-state index in [0.717, 1.165) is 32.2 Å². The minimum Gasteiger partial charge on any atom is -0.325 e. The molecule has 178 valence electrons. The molecule has 1 aliphatic heterocycles. The van der Waals surface area contributed by atoms with Gasteiger partial charge in [0.15, 0.2) is 0 Å². The highest BCUT2D eigenvalue weighted by Gasteiger charge is 2.35. The van der Waals surface area contributed by atoms with E-state index in [1.54, 1.807) is 11.8 Å². The Balaban J connectivity index is 1.51. The highest BCUT2D eigenvalue weighted by atomic mass is 32.2. The number of aryl methyl sites for hydroxylation is 3. The summed E-state index contributed by atoms with van der Waals surface area (Å²) in [5, 5.41) is 3.06. The van der Waals surface area contributed by atoms with E-state index >= 15 is 0 Å². The molecule has 1 saturated heterocycles. The van der Waals surface area contributed by atoms with E-state index in [1.165, 1.54) is 4.31 Å². The van der Waals surface area contributed by atoms with Crippen LogP contribution in [0.1, 0.15) is 29.5 Å². The number of carbonyl (C=O) groups excluding carboxylic acids is 1. The Kier molecular flexibility index (Phi) is 7.45. The number of nitrogens with one attached hydrogen (secondary N) is 1. The van der Waals surface area contributed by atoms with Crippen molar-refractivity contribution in [1.82, 2.24) is 4.31 Å². The summed E-state index contributed by atoms with van der Waals surface area (Å²) in [7, 11) is -3.68. The molecule has 3 aromatic carbocycles. The first-order chi connectivity index (χ1) is 16.3. The Hall–Kier alpha value is -2.61. The molecular weight excluding hydrogens is 464 g/mol. The SMILES string of the molecule is Cc1cc(C)c(S(=O)(=O)N2CCC[C@@H](C(=O)Nc3ccccc3Sc3ccccc3)C2)c(C)c1. The first kappa shape index (κ1) is 24.5. The molecule has 5 nitrogen and oxygen atoms in total. The van der Waals surface area contributed by atoms with Gasteiger partial charge in [-0.1, -0.05) is 59.8 Å². The molecule has 1 amide bonds. The topological polar surface area (TPSA) is 66.5 Å². The minimum absolute atomic E-state index is 0.140. The molecule has 1 aliphatic rings. The van der Waals surface area contributed by atoms with E-state index in [0.29, 0.717) is 24.3 Å². The Bertz CT molecular complexity index is 1270. The quantitative estimate of drug-likeness (QED) is 0.470. The normalized spacial score (nSPS) is 16.9. The lowest BCUT2D eigenvalue weighted by Gasteiger charge is -2.32. The molecule has 0 unspecified atom stereocenters. The van der Waals surface area contributed by atoms with Crippen molar-refractivity contribution in [2.24, 2.45) is 5.92 Å². The summed E-state index contributed by atoms with van der Waals surface area (Å²) in [4.78, 5) is 15.6. The van der Waals surface area contributed by atoms with E-state index < -0.39 is 15.9 Å². The predicted octanol–water partition coefficient (Wildman–Crippen LogP) is 5.80. The lowest BCUT2D eigenvalue weighted by molar-refractivity contribution is -0.120. The van der Waals surface area contributed by atoms with E-state index in [4.69, 9.17) is 0 Å². The minimum atomic E-state index is -3.68. The van der Waals surface area contributed by atoms with Gasteiger partial charge in [0.1, 0.15) is 0 Å². The third-order valence-corrected chi connectivity index (χ3v) is 9.33. The number of sulfonamides is 1. The van der Waals surface area contributed by atoms with Gasteiger partial charge in [0, 0.05) is 22.9 Å². The molecule has 0 bridgehead atoms. The van der Waals surface area contributed by atoms with Gasteiger partial charge in [0.05, 0.1) is 16.5 Å². The van der Waals surface area contributed by atoms with Gasteiger partial charge in [-0.15, -0.1) is 0 Å². The molecule has 1 atom stereocenters. The molecule has 4 rings (SSSR count). The van der Waals surface area contributed by atoms with E-state index in [2.05, 4.69) is 5.32 Å². The molecule has 0 radical (unpaired) electrons. The summed E-state index contributed by atoms with van der Waals surface area (Å²) < 4.78 is 28.5. The molecule has 1 N–H and O–H groups in total. The smallest absolute Gasteiger partial charge is 0.243 e. The fraction of sp³-hybridized carbons (Fsp3) is 0.296. The fourth-order valence-corrected chi connectivity index (χ4v) is 7.44. The van der Waals surface area contributed by atoms with E-state index in [9.17, 15) is 13.2 Å². The molecule has 7 heteroatoms. The van der Waals surface area contributed by atoms with Crippen LogP contribution in [0.3, 0.4) is 0 Å². The van der Waals surface area contributed by atoms with Crippen LogP contribution in [0, 0.1) is 26.7 Å². The van der Waals surface area contributed by atoms with Gasteiger partial charge in [-0.25, -0.2) is 8.42 Å². The molecule has 34 heavy (non-hydrogen) atoms. The second-order valence-electron chi connectivity index (χ2n) is 8.83. The highest BCUT2D eigenvalue weighted by Crippen LogP contribution is 2.34. The lowest BCUT2D eigenvalue weighted by atomic mass is 9.98. The molecule has 1 fully saturated rings. The largest absolute Gasteiger partial charge is 0.325 e. The fourth-order valence-electron chi connectivity index (χ4n) is 4.59. The number of hydrogen-bond acceptors (Lipinski definition) is 4. The molecule has 3 aromatic rings. The predicted molar refractivity (Wildman–Crippen MR) is 138 cm³/mol. The van der Waals surface area contributed by atoms with Crippen LogP contribution in [0.25, 0.3) is 0 Å². The first-order valence-corrected chi connectivity index (χ1v) is 13.7. The van der Waals surface area contributed by atoms with Crippen LogP contribution >= 0.6 is 11.8 Å². The van der Waals surface area contributed by atoms with Crippen LogP contribution in [-0.2, 0) is 14.8 Å². The number of anilines is 1. The van der Waals surface area contributed by atoms with Crippen LogP contribution in [0.4, 0.5) is 5.69 Å². The maximum atomic E-state index is 13.5. The van der Waals surface area contributed by atoms with Crippen molar-refractivity contribution in [3.8, 4) is 0 Å². The average molecular weight is 495 g/mol. The summed E-state index contributed by atoms with van der Waals surface area (Å²) in [6.07, 6.45) is 1.32. The number of benzene rings is 3. The molecular formula is C27H30N2O3S2. The standard InChI is InChI=1S/C27H30N2O3S2/c1-19-16-20(2)26(21(3)17-19)34(31,32)29-15-9-10-22(18-29)27(30)28-24-13-7-8-14-25(24)33-23-11-5-4-6-12-23/h4-8,11-14,16-17,22H,9-10,15,18H2,1-3H3,(H,28,30)/t22-/m1/s1. The number of amides is 1. The zero-order valence-corrected chi connectivity index (χ0v) is 21.4. The molecule has 1 heterocycles. The molecule has 0 aromatic heterocycles. The number of piperidine rings is 1. The average Bonchev–Trinajstić information content (AvgIpc) is 2.80. The maximum Gasteiger partial charge on any atom is 0.243 e. The van der Waals surface area contributed by atoms with Crippen molar-refractivity contribution in [2.45, 2.75) is 48.3 Å². The zero-order valence-electron chi connectivity index (χ0n) is 19.7. The summed E-state index contributed by atoms with van der Waals surface area (Å²) in [5.74, 6) is -0.539. The second kappa shape index (κ2) is 10.3. The Labute approximate surface area is 206 Å². The third-order valence-electron chi connectivity index (χ3n) is 6.07. The van der Waals surface area contributed by atoms with Crippen LogP contribution in [-0.4, -0.2) is 31.7 Å². The van der Waals surface area contributed by atoms with Crippen LogP contribution in [0.15, 0.2) is 81.4 Å². The van der Waals surface area contributed by atoms with Crippen LogP contribution in [0.2, 0.25) is 0 Å². The van der Waals surface area contributed by atoms with Crippen molar-refractivity contribution in [2.75, 3.05) is 18.4 Å².